The van der Waals surface area contributed by atoms with Crippen LogP contribution in [0.2, 0.25) is 0 Å². The fourth-order valence-electron chi connectivity index (χ4n) is 3.30. The number of aliphatic carboxylic acids is 1. The van der Waals surface area contributed by atoms with E-state index in [1.54, 1.807) is 49.6 Å². The Kier molecular flexibility index (Phi) is 7.25. The van der Waals surface area contributed by atoms with Crippen molar-refractivity contribution in [2.24, 2.45) is 0 Å². The molecule has 0 aliphatic heterocycles. The van der Waals surface area contributed by atoms with Gasteiger partial charge in [0.25, 0.3) is 0 Å². The number of hydrogen-bond donors (Lipinski definition) is 4. The van der Waals surface area contributed by atoms with Crippen molar-refractivity contribution in [1.82, 2.24) is 5.32 Å². The Morgan fingerprint density at radius 3 is 2.23 bits per heavy atom. The Bertz CT molecular complexity index is 1060. The Hall–Kier alpha value is -2.96. The standard InChI is InChI=1S/C23H24NO6P/c1-30-20-9-5-8-19(15-20)17-12-10-16(11-13-17)14-21(23(25)26)24-22(31(27,28)29)18-6-3-2-4-7-18/h2-13,15,21-22,24H,14H2,1H3,(H,25,26)(H2,27,28,29)/t21-,22?/m0/s1. The van der Waals surface area contributed by atoms with E-state index < -0.39 is 25.4 Å². The maximum absolute atomic E-state index is 12.0. The first-order chi connectivity index (χ1) is 14.8. The molecule has 3 aromatic carbocycles. The van der Waals surface area contributed by atoms with E-state index in [0.717, 1.165) is 22.4 Å². The van der Waals surface area contributed by atoms with Gasteiger partial charge in [0.1, 0.15) is 17.6 Å². The minimum atomic E-state index is -4.64. The minimum absolute atomic E-state index is 0.0665. The van der Waals surface area contributed by atoms with Gasteiger partial charge >= 0.3 is 13.6 Å². The van der Waals surface area contributed by atoms with Crippen molar-refractivity contribution in [3.63, 3.8) is 0 Å². The zero-order chi connectivity index (χ0) is 22.4. The van der Waals surface area contributed by atoms with Crippen LogP contribution in [-0.2, 0) is 15.8 Å². The number of ether oxygens (including phenoxy) is 1. The van der Waals surface area contributed by atoms with Crippen molar-refractivity contribution in [1.29, 1.82) is 0 Å². The third-order valence-electron chi connectivity index (χ3n) is 4.91. The lowest BCUT2D eigenvalue weighted by Crippen LogP contribution is -2.40. The van der Waals surface area contributed by atoms with Gasteiger partial charge < -0.3 is 19.6 Å². The van der Waals surface area contributed by atoms with Crippen LogP contribution in [0.4, 0.5) is 0 Å². The van der Waals surface area contributed by atoms with E-state index in [4.69, 9.17) is 4.74 Å². The summed E-state index contributed by atoms with van der Waals surface area (Å²) in [5.41, 5.74) is 2.96. The molecule has 0 amide bonds. The predicted molar refractivity (Wildman–Crippen MR) is 118 cm³/mol. The van der Waals surface area contributed by atoms with E-state index in [1.165, 1.54) is 0 Å². The highest BCUT2D eigenvalue weighted by molar-refractivity contribution is 7.52. The first-order valence-electron chi connectivity index (χ1n) is 9.60. The Balaban J connectivity index is 1.79. The van der Waals surface area contributed by atoms with E-state index in [0.29, 0.717) is 5.56 Å². The fraction of sp³-hybridized carbons (Fsp3) is 0.174. The lowest BCUT2D eigenvalue weighted by molar-refractivity contribution is -0.139. The number of carboxylic acid groups (broad SMARTS) is 1. The monoisotopic (exact) mass is 441 g/mol. The molecule has 0 aliphatic rings. The van der Waals surface area contributed by atoms with Gasteiger partial charge in [0.2, 0.25) is 0 Å². The molecule has 0 saturated carbocycles. The van der Waals surface area contributed by atoms with E-state index in [9.17, 15) is 24.3 Å². The second-order valence-electron chi connectivity index (χ2n) is 7.09. The van der Waals surface area contributed by atoms with Crippen LogP contribution in [0, 0.1) is 0 Å². The Morgan fingerprint density at radius 2 is 1.65 bits per heavy atom. The number of carbonyl (C=O) groups is 1. The third kappa shape index (κ3) is 6.03. The third-order valence-corrected chi connectivity index (χ3v) is 6.03. The summed E-state index contributed by atoms with van der Waals surface area (Å²) in [4.78, 5) is 31.4. The van der Waals surface area contributed by atoms with Crippen LogP contribution in [0.5, 0.6) is 5.75 Å². The van der Waals surface area contributed by atoms with E-state index >= 15 is 0 Å². The molecular formula is C23H24NO6P. The average Bonchev–Trinajstić information content (AvgIpc) is 2.76. The summed E-state index contributed by atoms with van der Waals surface area (Å²) in [5, 5.41) is 12.3. The molecule has 31 heavy (non-hydrogen) atoms. The molecule has 0 aliphatic carbocycles. The largest absolute Gasteiger partial charge is 0.497 e. The van der Waals surface area contributed by atoms with Crippen LogP contribution < -0.4 is 10.1 Å². The molecule has 7 nitrogen and oxygen atoms in total. The molecule has 3 rings (SSSR count). The highest BCUT2D eigenvalue weighted by atomic mass is 31.2. The first-order valence-corrected chi connectivity index (χ1v) is 11.3. The van der Waals surface area contributed by atoms with Gasteiger partial charge in [-0.05, 0) is 40.8 Å². The van der Waals surface area contributed by atoms with Crippen molar-refractivity contribution < 1.29 is 29.0 Å². The molecule has 2 atom stereocenters. The van der Waals surface area contributed by atoms with Crippen LogP contribution >= 0.6 is 7.60 Å². The van der Waals surface area contributed by atoms with E-state index in [-0.39, 0.29) is 6.42 Å². The van der Waals surface area contributed by atoms with Crippen molar-refractivity contribution in [3.8, 4) is 16.9 Å². The topological polar surface area (TPSA) is 116 Å². The van der Waals surface area contributed by atoms with Crippen molar-refractivity contribution in [3.05, 3.63) is 90.0 Å². The second kappa shape index (κ2) is 9.90. The fourth-order valence-corrected chi connectivity index (χ4v) is 4.24. The molecule has 0 saturated heterocycles. The first kappa shape index (κ1) is 22.7. The number of carboxylic acids is 1. The summed E-state index contributed by atoms with van der Waals surface area (Å²) >= 11 is 0. The van der Waals surface area contributed by atoms with Gasteiger partial charge in [0, 0.05) is 0 Å². The highest BCUT2D eigenvalue weighted by Gasteiger charge is 2.34. The lowest BCUT2D eigenvalue weighted by Gasteiger charge is -2.24. The van der Waals surface area contributed by atoms with Gasteiger partial charge in [-0.3, -0.25) is 14.7 Å². The molecule has 4 N–H and O–H groups in total. The summed E-state index contributed by atoms with van der Waals surface area (Å²) in [6.45, 7) is 0. The average molecular weight is 441 g/mol. The molecule has 0 spiro atoms. The van der Waals surface area contributed by atoms with Crippen molar-refractivity contribution in [2.75, 3.05) is 7.11 Å². The van der Waals surface area contributed by atoms with Gasteiger partial charge in [-0.2, -0.15) is 0 Å². The molecule has 0 bridgehead atoms. The van der Waals surface area contributed by atoms with Gasteiger partial charge in [-0.1, -0.05) is 66.7 Å². The zero-order valence-electron chi connectivity index (χ0n) is 16.9. The number of nitrogens with one attached hydrogen (secondary N) is 1. The Labute approximate surface area is 180 Å². The van der Waals surface area contributed by atoms with Crippen LogP contribution in [0.25, 0.3) is 11.1 Å². The normalized spacial score (nSPS) is 13.4. The van der Waals surface area contributed by atoms with Crippen molar-refractivity contribution >= 4 is 13.6 Å². The van der Waals surface area contributed by atoms with Crippen LogP contribution in [0.1, 0.15) is 16.9 Å². The zero-order valence-corrected chi connectivity index (χ0v) is 17.8. The van der Waals surface area contributed by atoms with Gasteiger partial charge in [0.05, 0.1) is 7.11 Å². The summed E-state index contributed by atoms with van der Waals surface area (Å²) < 4.78 is 17.3. The number of benzene rings is 3. The number of hydrogen-bond acceptors (Lipinski definition) is 4. The molecule has 8 heteroatoms. The van der Waals surface area contributed by atoms with E-state index in [1.807, 2.05) is 36.4 Å². The smallest absolute Gasteiger partial charge is 0.346 e. The van der Waals surface area contributed by atoms with Gasteiger partial charge in [-0.15, -0.1) is 0 Å². The minimum Gasteiger partial charge on any atom is -0.497 e. The summed E-state index contributed by atoms with van der Waals surface area (Å²) in [7, 11) is -3.04. The molecule has 1 unspecified atom stereocenters. The summed E-state index contributed by atoms with van der Waals surface area (Å²) in [6.07, 6.45) is 0.0665. The summed E-state index contributed by atoms with van der Waals surface area (Å²) in [6, 6.07) is 21.9. The lowest BCUT2D eigenvalue weighted by atomic mass is 10.0. The molecule has 0 aromatic heterocycles. The molecule has 0 fully saturated rings. The Morgan fingerprint density at radius 1 is 0.968 bits per heavy atom. The van der Waals surface area contributed by atoms with Gasteiger partial charge in [0.15, 0.2) is 0 Å². The quantitative estimate of drug-likeness (QED) is 0.373. The SMILES string of the molecule is COc1cccc(-c2ccc(C[C@H](NC(c3ccccc3)P(=O)(O)O)C(=O)O)cc2)c1. The number of rotatable bonds is 9. The van der Waals surface area contributed by atoms with Crippen LogP contribution in [0.3, 0.4) is 0 Å². The van der Waals surface area contributed by atoms with Crippen LogP contribution in [-0.4, -0.2) is 34.0 Å². The maximum atomic E-state index is 12.0. The molecule has 162 valence electrons. The van der Waals surface area contributed by atoms with Crippen molar-refractivity contribution in [2.45, 2.75) is 18.2 Å². The second-order valence-corrected chi connectivity index (χ2v) is 8.79. The molecular weight excluding hydrogens is 417 g/mol. The van der Waals surface area contributed by atoms with Gasteiger partial charge in [-0.25, -0.2) is 0 Å². The molecule has 0 heterocycles. The highest BCUT2D eigenvalue weighted by Crippen LogP contribution is 2.50. The van der Waals surface area contributed by atoms with Crippen LogP contribution in [0.15, 0.2) is 78.9 Å². The summed E-state index contributed by atoms with van der Waals surface area (Å²) in [5.74, 6) is -1.86. The number of methoxy groups -OCH3 is 1. The maximum Gasteiger partial charge on any atom is 0.346 e. The predicted octanol–water partition coefficient (Wildman–Crippen LogP) is 3.82. The molecule has 3 aromatic rings. The molecule has 0 radical (unpaired) electrons. The van der Waals surface area contributed by atoms with E-state index in [2.05, 4.69) is 5.32 Å².